The average molecular weight is 248 g/mol. The topological polar surface area (TPSA) is 37.3 Å². The molecule has 0 saturated heterocycles. The summed E-state index contributed by atoms with van der Waals surface area (Å²) in [5.41, 5.74) is -5.53. The molecule has 0 aliphatic heterocycles. The standard InChI is InChI=1S/C15H20O2/c1-12(16)15(17,13-8-4-2-5-9-13)14-10-6-3-7-11-14/h2,4-5,8-9,14,17H,3,6-7,10-11H2,1H3/t15-/m0/s1/i2D,3D2,4D,5D,6D2,7D2,8D,9D,10D2,11D2,14D. The molecule has 0 heterocycles. The largest absolute Gasteiger partial charge is 0.377 e. The van der Waals surface area contributed by atoms with Crippen molar-refractivity contribution in [3.63, 3.8) is 0 Å². The van der Waals surface area contributed by atoms with Crippen LogP contribution in [0, 0.1) is 5.89 Å². The van der Waals surface area contributed by atoms with Crippen LogP contribution in [0.1, 0.15) is 66.3 Å². The Morgan fingerprint density at radius 2 is 2.00 bits per heavy atom. The van der Waals surface area contributed by atoms with E-state index in [1.54, 1.807) is 0 Å². The van der Waals surface area contributed by atoms with Crippen molar-refractivity contribution in [2.45, 2.75) is 44.4 Å². The van der Waals surface area contributed by atoms with E-state index in [0.717, 1.165) is 0 Å². The molecule has 1 atom stereocenters. The van der Waals surface area contributed by atoms with Crippen LogP contribution in [0.2, 0.25) is 0 Å². The van der Waals surface area contributed by atoms with Gasteiger partial charge in [-0.1, -0.05) is 49.3 Å². The van der Waals surface area contributed by atoms with Crippen molar-refractivity contribution < 1.29 is 31.8 Å². The lowest BCUT2D eigenvalue weighted by molar-refractivity contribution is -0.144. The lowest BCUT2D eigenvalue weighted by Gasteiger charge is -2.37. The fourth-order valence-electron chi connectivity index (χ4n) is 1.34. The molecular weight excluding hydrogens is 212 g/mol. The maximum absolute atomic E-state index is 12.8. The van der Waals surface area contributed by atoms with Crippen LogP contribution in [-0.4, -0.2) is 10.9 Å². The second kappa shape index (κ2) is 5.01. The molecule has 1 aromatic rings. The summed E-state index contributed by atoms with van der Waals surface area (Å²) in [4.78, 5) is 12.8. The molecule has 0 radical (unpaired) electrons. The first-order valence-electron chi connectivity index (χ1n) is 12.7. The quantitative estimate of drug-likeness (QED) is 0.892. The number of Topliss-reactive ketones (excluding diaryl/α,β-unsaturated/α-hetero) is 1. The van der Waals surface area contributed by atoms with Crippen molar-refractivity contribution in [1.82, 2.24) is 0 Å². The molecule has 0 bridgehead atoms. The van der Waals surface area contributed by atoms with E-state index in [-0.39, 0.29) is 0 Å². The minimum absolute atomic E-state index is 0.470. The van der Waals surface area contributed by atoms with E-state index in [9.17, 15) is 9.90 Å². The van der Waals surface area contributed by atoms with Gasteiger partial charge in [-0.25, -0.2) is 0 Å². The van der Waals surface area contributed by atoms with E-state index in [1.165, 1.54) is 0 Å². The van der Waals surface area contributed by atoms with Gasteiger partial charge in [-0.15, -0.1) is 0 Å². The van der Waals surface area contributed by atoms with Crippen LogP contribution in [-0.2, 0) is 10.4 Å². The van der Waals surface area contributed by atoms with Gasteiger partial charge in [0.1, 0.15) is 0 Å². The third-order valence-corrected chi connectivity index (χ3v) is 2.23. The Kier molecular flexibility index (Phi) is 0.954. The zero-order chi connectivity index (χ0) is 26.5. The first-order chi connectivity index (χ1) is 14.4. The molecule has 1 N–H and O–H groups in total. The Balaban J connectivity index is 3.25. The third kappa shape index (κ3) is 2.27. The summed E-state index contributed by atoms with van der Waals surface area (Å²) in [5, 5.41) is 11.5. The fourth-order valence-corrected chi connectivity index (χ4v) is 1.34. The van der Waals surface area contributed by atoms with E-state index in [2.05, 4.69) is 0 Å². The summed E-state index contributed by atoms with van der Waals surface area (Å²) in [6.07, 6.45) is -20.5. The zero-order valence-electron chi connectivity index (χ0n) is 24.9. The first kappa shape index (κ1) is 3.24. The Bertz CT molecular complexity index is 972. The highest BCUT2D eigenvalue weighted by Crippen LogP contribution is 2.39. The molecule has 1 aliphatic rings. The Morgan fingerprint density at radius 1 is 1.41 bits per heavy atom. The van der Waals surface area contributed by atoms with Gasteiger partial charge in [0, 0.05) is 15.1 Å². The maximum atomic E-state index is 12.8. The minimum atomic E-state index is -4.30. The van der Waals surface area contributed by atoms with Crippen molar-refractivity contribution in [1.29, 1.82) is 0 Å². The van der Waals surface area contributed by atoms with E-state index >= 15 is 0 Å². The molecule has 1 fully saturated rings. The van der Waals surface area contributed by atoms with Gasteiger partial charge in [-0.05, 0) is 31.1 Å². The van der Waals surface area contributed by atoms with Crippen LogP contribution in [0.3, 0.4) is 0 Å². The van der Waals surface area contributed by atoms with Crippen LogP contribution in [0.25, 0.3) is 0 Å². The third-order valence-electron chi connectivity index (χ3n) is 2.23. The SMILES string of the molecule is [2H]c1c([2H])c([2H])c([C@@](O)(C(C)=O)C2([2H])C([2H])([2H])C([2H])([2H])C([2H])([2H])C([2H])([2H])C2([2H])[2H])c([2H])c1[2H]. The predicted molar refractivity (Wildman–Crippen MR) is 67.6 cm³/mol. The van der Waals surface area contributed by atoms with Crippen LogP contribution >= 0.6 is 0 Å². The molecule has 92 valence electrons. The number of aliphatic hydroxyl groups is 1. The molecule has 2 rings (SSSR count). The van der Waals surface area contributed by atoms with Crippen LogP contribution in [0.5, 0.6) is 0 Å². The molecule has 1 aromatic carbocycles. The van der Waals surface area contributed by atoms with Crippen molar-refractivity contribution in [2.75, 3.05) is 0 Å². The maximum Gasteiger partial charge on any atom is 0.166 e. The number of carbonyl (C=O) groups excluding carboxylic acids is 1. The average Bonchev–Trinajstić information content (AvgIpc) is 2.68. The summed E-state index contributed by atoms with van der Waals surface area (Å²) >= 11 is 0. The molecular formula is C15H20O2. The number of hydrogen-bond acceptors (Lipinski definition) is 2. The van der Waals surface area contributed by atoms with Crippen LogP contribution < -0.4 is 0 Å². The highest BCUT2D eigenvalue weighted by atomic mass is 16.3. The van der Waals surface area contributed by atoms with Gasteiger partial charge in [-0.2, -0.15) is 0 Å². The molecule has 0 unspecified atom stereocenters. The first-order valence-corrected chi connectivity index (χ1v) is 4.68. The van der Waals surface area contributed by atoms with Crippen molar-refractivity contribution in [2.24, 2.45) is 5.89 Å². The molecule has 0 amide bonds. The summed E-state index contributed by atoms with van der Waals surface area (Å²) in [5.74, 6) is -6.05. The van der Waals surface area contributed by atoms with Crippen molar-refractivity contribution in [3.05, 3.63) is 35.8 Å². The highest BCUT2D eigenvalue weighted by molar-refractivity contribution is 5.86. The lowest BCUT2D eigenvalue weighted by atomic mass is 9.71. The van der Waals surface area contributed by atoms with Crippen LogP contribution in [0.15, 0.2) is 30.2 Å². The van der Waals surface area contributed by atoms with Crippen LogP contribution in [0.4, 0.5) is 0 Å². The number of rotatable bonds is 3. The van der Waals surface area contributed by atoms with Gasteiger partial charge >= 0.3 is 0 Å². The van der Waals surface area contributed by atoms with Gasteiger partial charge in [0.25, 0.3) is 0 Å². The Morgan fingerprint density at radius 3 is 2.53 bits per heavy atom. The normalized spacial score (nSPS) is 51.2. The number of benzene rings is 1. The lowest BCUT2D eigenvalue weighted by Crippen LogP contribution is -2.42. The van der Waals surface area contributed by atoms with E-state index < -0.39 is 84.9 Å². The fraction of sp³-hybridized carbons (Fsp3) is 0.533. The Labute approximate surface area is 125 Å². The smallest absolute Gasteiger partial charge is 0.166 e. The van der Waals surface area contributed by atoms with Gasteiger partial charge in [0.15, 0.2) is 11.4 Å². The monoisotopic (exact) mass is 248 g/mol. The summed E-state index contributed by atoms with van der Waals surface area (Å²) in [6, 6.07) is -5.95. The second-order valence-corrected chi connectivity index (χ2v) is 3.27. The predicted octanol–water partition coefficient (Wildman–Crippen LogP) is 3.04. The summed E-state index contributed by atoms with van der Waals surface area (Å²) < 4.78 is 129. The molecule has 17 heavy (non-hydrogen) atoms. The summed E-state index contributed by atoms with van der Waals surface area (Å²) in [7, 11) is 0. The Hall–Kier alpha value is -1.15. The molecule has 0 aromatic heterocycles. The van der Waals surface area contributed by atoms with Gasteiger partial charge in [0.05, 0.1) is 6.85 Å². The second-order valence-electron chi connectivity index (χ2n) is 3.27. The summed E-state index contributed by atoms with van der Waals surface area (Å²) in [6.45, 7) is 0.470. The highest BCUT2D eigenvalue weighted by Gasteiger charge is 2.42. The molecule has 1 aliphatic carbocycles. The van der Waals surface area contributed by atoms with Gasteiger partial charge in [0.2, 0.25) is 0 Å². The minimum Gasteiger partial charge on any atom is -0.377 e. The number of carbonyl (C=O) groups is 1. The van der Waals surface area contributed by atoms with Gasteiger partial charge < -0.3 is 5.11 Å². The van der Waals surface area contributed by atoms with E-state index in [4.69, 9.17) is 21.9 Å². The molecule has 0 spiro atoms. The van der Waals surface area contributed by atoms with E-state index in [0.29, 0.717) is 6.92 Å². The van der Waals surface area contributed by atoms with Crippen molar-refractivity contribution in [3.8, 4) is 0 Å². The molecule has 2 heteroatoms. The van der Waals surface area contributed by atoms with E-state index in [1.807, 2.05) is 0 Å². The molecule has 2 nitrogen and oxygen atoms in total. The molecule has 1 saturated carbocycles. The van der Waals surface area contributed by atoms with Crippen molar-refractivity contribution >= 4 is 5.78 Å². The zero-order valence-corrected chi connectivity index (χ0v) is 8.86. The van der Waals surface area contributed by atoms with Gasteiger partial charge in [-0.3, -0.25) is 4.79 Å². The number of ketones is 1. The number of hydrogen-bond donors (Lipinski definition) is 1.